The number of hydrogen-bond donors (Lipinski definition) is 2. The average molecular weight is 282 g/mol. The minimum absolute atomic E-state index is 0.0607. The van der Waals surface area contributed by atoms with E-state index >= 15 is 0 Å². The van der Waals surface area contributed by atoms with Crippen LogP contribution in [0.5, 0.6) is 0 Å². The maximum absolute atomic E-state index is 12.4. The molecule has 106 valence electrons. The molecule has 2 aromatic rings. The molecule has 0 radical (unpaired) electrons. The van der Waals surface area contributed by atoms with Crippen LogP contribution < -0.4 is 0 Å². The van der Waals surface area contributed by atoms with Crippen LogP contribution in [0, 0.1) is 0 Å². The number of nitrogens with one attached hydrogen (secondary N) is 1. The number of aliphatic hydroxyl groups is 1. The average Bonchev–Trinajstić information content (AvgIpc) is 2.93. The molecule has 1 fully saturated rings. The van der Waals surface area contributed by atoms with Crippen LogP contribution in [0.4, 0.5) is 0 Å². The van der Waals surface area contributed by atoms with E-state index in [1.807, 2.05) is 24.3 Å². The van der Waals surface area contributed by atoms with Crippen LogP contribution in [0.2, 0.25) is 0 Å². The van der Waals surface area contributed by atoms with Crippen LogP contribution >= 0.6 is 0 Å². The monoisotopic (exact) mass is 282 g/mol. The number of para-hydroxylation sites is 1. The summed E-state index contributed by atoms with van der Waals surface area (Å²) < 4.78 is 0. The second-order valence-corrected chi connectivity index (χ2v) is 5.61. The van der Waals surface area contributed by atoms with Crippen LogP contribution in [-0.4, -0.2) is 32.7 Å². The molecule has 3 heterocycles. The summed E-state index contributed by atoms with van der Waals surface area (Å²) in [5, 5.41) is 10.7. The molecule has 1 atom stereocenters. The summed E-state index contributed by atoms with van der Waals surface area (Å²) in [5.74, 6) is -0.821. The Kier molecular flexibility index (Phi) is 2.31. The number of nitrogens with zero attached hydrogens (tertiary/aromatic N) is 1. The van der Waals surface area contributed by atoms with Gasteiger partial charge in [-0.15, -0.1) is 0 Å². The predicted molar refractivity (Wildman–Crippen MR) is 76.7 cm³/mol. The van der Waals surface area contributed by atoms with E-state index in [-0.39, 0.29) is 23.0 Å². The smallest absolute Gasteiger partial charge is 0.261 e. The van der Waals surface area contributed by atoms with Crippen molar-refractivity contribution in [2.24, 2.45) is 0 Å². The van der Waals surface area contributed by atoms with Gasteiger partial charge in [0.05, 0.1) is 6.54 Å². The highest BCUT2D eigenvalue weighted by molar-refractivity contribution is 6.27. The number of Topliss-reactive ketones (excluding diaryl/α,β-unsaturated/α-hetero) is 1. The lowest BCUT2D eigenvalue weighted by Gasteiger charge is -2.28. The number of rotatable bonds is 0. The number of H-pyrrole nitrogens is 1. The number of amides is 1. The highest BCUT2D eigenvalue weighted by Gasteiger charge is 2.47. The van der Waals surface area contributed by atoms with Crippen molar-refractivity contribution in [1.29, 1.82) is 0 Å². The lowest BCUT2D eigenvalue weighted by molar-refractivity contribution is -0.128. The first-order valence-electron chi connectivity index (χ1n) is 6.91. The number of fused-ring (bicyclic) bond motifs is 4. The van der Waals surface area contributed by atoms with Gasteiger partial charge in [-0.25, -0.2) is 0 Å². The van der Waals surface area contributed by atoms with Gasteiger partial charge in [-0.05, 0) is 18.6 Å². The first-order chi connectivity index (χ1) is 10.1. The summed E-state index contributed by atoms with van der Waals surface area (Å²) in [5.41, 5.74) is 3.04. The highest BCUT2D eigenvalue weighted by atomic mass is 16.3. The maximum atomic E-state index is 12.4. The standard InChI is InChI=1S/C16H14N2O3/c1-8(19)14-15(20)13-6-10-9-4-2-3-5-11(9)17-12(10)7-18(13)16(14)21/h2-5,13,17,19H,6-7H2,1H3/b14-8-/t13-/m0/s1. The molecule has 1 aromatic carbocycles. The van der Waals surface area contributed by atoms with Gasteiger partial charge < -0.3 is 15.0 Å². The first-order valence-corrected chi connectivity index (χ1v) is 6.91. The number of carbonyl (C=O) groups is 2. The van der Waals surface area contributed by atoms with Gasteiger partial charge in [-0.1, -0.05) is 18.2 Å². The van der Waals surface area contributed by atoms with Crippen molar-refractivity contribution < 1.29 is 14.7 Å². The van der Waals surface area contributed by atoms with E-state index in [0.29, 0.717) is 13.0 Å². The molecule has 2 N–H and O–H groups in total. The third-order valence-corrected chi connectivity index (χ3v) is 4.39. The van der Waals surface area contributed by atoms with Gasteiger partial charge in [-0.3, -0.25) is 9.59 Å². The molecule has 5 nitrogen and oxygen atoms in total. The largest absolute Gasteiger partial charge is 0.512 e. The molecule has 21 heavy (non-hydrogen) atoms. The normalized spacial score (nSPS) is 23.5. The van der Waals surface area contributed by atoms with Gasteiger partial charge in [0.1, 0.15) is 17.4 Å². The minimum atomic E-state index is -0.485. The van der Waals surface area contributed by atoms with E-state index in [1.165, 1.54) is 6.92 Å². The van der Waals surface area contributed by atoms with Crippen molar-refractivity contribution >= 4 is 22.6 Å². The van der Waals surface area contributed by atoms with Gasteiger partial charge in [0.15, 0.2) is 5.78 Å². The second-order valence-electron chi connectivity index (χ2n) is 5.61. The second kappa shape index (κ2) is 3.97. The van der Waals surface area contributed by atoms with E-state index < -0.39 is 6.04 Å². The van der Waals surface area contributed by atoms with E-state index in [9.17, 15) is 14.7 Å². The zero-order valence-corrected chi connectivity index (χ0v) is 11.5. The van der Waals surface area contributed by atoms with Crippen LogP contribution in [0.15, 0.2) is 35.6 Å². The Hall–Kier alpha value is -2.56. The quantitative estimate of drug-likeness (QED) is 0.440. The molecule has 0 saturated carbocycles. The third-order valence-electron chi connectivity index (χ3n) is 4.39. The Labute approximate surface area is 120 Å². The Balaban J connectivity index is 1.85. The molecular formula is C16H14N2O3. The highest BCUT2D eigenvalue weighted by Crippen LogP contribution is 2.35. The first kappa shape index (κ1) is 12.2. The number of hydrogen-bond acceptors (Lipinski definition) is 3. The molecular weight excluding hydrogens is 268 g/mol. The molecule has 4 rings (SSSR count). The number of benzene rings is 1. The number of aliphatic hydroxyl groups excluding tert-OH is 1. The lowest BCUT2D eigenvalue weighted by atomic mass is 9.95. The van der Waals surface area contributed by atoms with Crippen LogP contribution in [-0.2, 0) is 22.6 Å². The fraction of sp³-hybridized carbons (Fsp3) is 0.250. The Morgan fingerprint density at radius 3 is 2.86 bits per heavy atom. The van der Waals surface area contributed by atoms with Crippen molar-refractivity contribution in [3.05, 3.63) is 46.9 Å². The summed E-state index contributed by atoms with van der Waals surface area (Å²) in [6, 6.07) is 7.45. The van der Waals surface area contributed by atoms with Gasteiger partial charge in [0.25, 0.3) is 5.91 Å². The molecule has 1 amide bonds. The van der Waals surface area contributed by atoms with Crippen molar-refractivity contribution in [2.75, 3.05) is 0 Å². The number of aromatic amines is 1. The SMILES string of the molecule is C/C(O)=C1\C(=O)[C@@H]2Cc3c([nH]c4ccccc34)CN2C1=O. The fourth-order valence-electron chi connectivity index (χ4n) is 3.40. The number of carbonyl (C=O) groups excluding carboxylic acids is 2. The van der Waals surface area contributed by atoms with Crippen LogP contribution in [0.3, 0.4) is 0 Å². The molecule has 2 aliphatic heterocycles. The fourth-order valence-corrected chi connectivity index (χ4v) is 3.40. The summed E-state index contributed by atoms with van der Waals surface area (Å²) in [7, 11) is 0. The van der Waals surface area contributed by atoms with E-state index in [2.05, 4.69) is 4.98 Å². The number of aromatic nitrogens is 1. The van der Waals surface area contributed by atoms with E-state index in [1.54, 1.807) is 4.90 Å². The molecule has 2 aliphatic rings. The summed E-state index contributed by atoms with van der Waals surface area (Å²) >= 11 is 0. The molecule has 1 saturated heterocycles. The lowest BCUT2D eigenvalue weighted by Crippen LogP contribution is -2.40. The molecule has 0 spiro atoms. The predicted octanol–water partition coefficient (Wildman–Crippen LogP) is 1.84. The van der Waals surface area contributed by atoms with Gasteiger partial charge >= 0.3 is 0 Å². The Morgan fingerprint density at radius 1 is 1.33 bits per heavy atom. The van der Waals surface area contributed by atoms with Gasteiger partial charge in [0.2, 0.25) is 0 Å². The number of allylic oxidation sites excluding steroid dienone is 1. The zero-order valence-electron chi connectivity index (χ0n) is 11.5. The van der Waals surface area contributed by atoms with Crippen molar-refractivity contribution in [2.45, 2.75) is 25.9 Å². The molecule has 0 unspecified atom stereocenters. The zero-order chi connectivity index (χ0) is 14.7. The van der Waals surface area contributed by atoms with Crippen LogP contribution in [0.1, 0.15) is 18.2 Å². The van der Waals surface area contributed by atoms with Gasteiger partial charge in [-0.2, -0.15) is 0 Å². The summed E-state index contributed by atoms with van der Waals surface area (Å²) in [6.07, 6.45) is 0.501. The Morgan fingerprint density at radius 2 is 2.10 bits per heavy atom. The summed E-state index contributed by atoms with van der Waals surface area (Å²) in [4.78, 5) is 29.5. The third kappa shape index (κ3) is 1.51. The van der Waals surface area contributed by atoms with E-state index in [4.69, 9.17) is 0 Å². The van der Waals surface area contributed by atoms with Crippen molar-refractivity contribution in [3.63, 3.8) is 0 Å². The number of ketones is 1. The summed E-state index contributed by atoms with van der Waals surface area (Å²) in [6.45, 7) is 1.77. The van der Waals surface area contributed by atoms with E-state index in [0.717, 1.165) is 22.2 Å². The molecule has 0 bridgehead atoms. The molecule has 1 aromatic heterocycles. The van der Waals surface area contributed by atoms with Crippen LogP contribution in [0.25, 0.3) is 10.9 Å². The van der Waals surface area contributed by atoms with Gasteiger partial charge in [0, 0.05) is 23.0 Å². The maximum Gasteiger partial charge on any atom is 0.261 e. The molecule has 5 heteroatoms. The van der Waals surface area contributed by atoms with Crippen molar-refractivity contribution in [1.82, 2.24) is 9.88 Å². The molecule has 0 aliphatic carbocycles. The Bertz CT molecular complexity index is 827. The minimum Gasteiger partial charge on any atom is -0.512 e. The topological polar surface area (TPSA) is 73.4 Å². The van der Waals surface area contributed by atoms with Crippen molar-refractivity contribution in [3.8, 4) is 0 Å².